The van der Waals surface area contributed by atoms with Crippen LogP contribution in [0.15, 0.2) is 60.7 Å². The monoisotopic (exact) mass is 390 g/mol. The van der Waals surface area contributed by atoms with E-state index in [4.69, 9.17) is 9.47 Å². The summed E-state index contributed by atoms with van der Waals surface area (Å²) in [5.74, 6) is 0.792. The van der Waals surface area contributed by atoms with Crippen LogP contribution in [-0.4, -0.2) is 34.7 Å². The third-order valence-corrected chi connectivity index (χ3v) is 4.55. The molecule has 148 valence electrons. The first-order valence-corrected chi connectivity index (χ1v) is 9.05. The van der Waals surface area contributed by atoms with Gasteiger partial charge in [0.1, 0.15) is 0 Å². The second kappa shape index (κ2) is 7.63. The molecule has 0 aliphatic heterocycles. The lowest BCUT2D eigenvalue weighted by Crippen LogP contribution is -2.13. The maximum absolute atomic E-state index is 12.7. The number of ether oxygens (including phenoxy) is 2. The smallest absolute Gasteiger partial charge is 0.276 e. The normalized spacial score (nSPS) is 10.7. The van der Waals surface area contributed by atoms with Crippen LogP contribution in [0.4, 0.5) is 5.69 Å². The van der Waals surface area contributed by atoms with Crippen LogP contribution in [0.3, 0.4) is 0 Å². The maximum atomic E-state index is 12.7. The molecule has 0 unspecified atom stereocenters. The molecule has 4 rings (SSSR count). The van der Waals surface area contributed by atoms with E-state index < -0.39 is 0 Å². The average molecular weight is 390 g/mol. The quantitative estimate of drug-likeness (QED) is 0.552. The molecule has 1 N–H and O–H groups in total. The Hall–Kier alpha value is -3.87. The second-order valence-corrected chi connectivity index (χ2v) is 6.47. The third kappa shape index (κ3) is 3.62. The number of amides is 1. The van der Waals surface area contributed by atoms with Crippen LogP contribution < -0.4 is 14.8 Å². The van der Waals surface area contributed by atoms with Crippen molar-refractivity contribution in [2.75, 3.05) is 19.5 Å². The maximum Gasteiger partial charge on any atom is 0.276 e. The molecule has 0 spiro atoms. The topological polar surface area (TPSA) is 77.8 Å². The zero-order valence-corrected chi connectivity index (χ0v) is 16.3. The van der Waals surface area contributed by atoms with Crippen LogP contribution in [0.5, 0.6) is 11.5 Å². The minimum atomic E-state index is -0.330. The molecule has 0 radical (unpaired) electrons. The Labute approximate surface area is 169 Å². The Kier molecular flexibility index (Phi) is 4.87. The third-order valence-electron chi connectivity index (χ3n) is 4.55. The summed E-state index contributed by atoms with van der Waals surface area (Å²) in [6, 6.07) is 18.7. The van der Waals surface area contributed by atoms with Crippen LogP contribution in [-0.2, 0) is 0 Å². The molecular weight excluding hydrogens is 368 g/mol. The van der Waals surface area contributed by atoms with Crippen molar-refractivity contribution >= 4 is 17.2 Å². The number of rotatable bonds is 5. The molecule has 7 heteroatoms. The zero-order valence-electron chi connectivity index (χ0n) is 16.3. The van der Waals surface area contributed by atoms with Gasteiger partial charge in [0.2, 0.25) is 0 Å². The van der Waals surface area contributed by atoms with Gasteiger partial charge < -0.3 is 14.8 Å². The van der Waals surface area contributed by atoms with Crippen molar-refractivity contribution in [2.45, 2.75) is 6.92 Å². The van der Waals surface area contributed by atoms with Crippen molar-refractivity contribution in [1.82, 2.24) is 14.6 Å². The molecule has 0 bridgehead atoms. The highest BCUT2D eigenvalue weighted by atomic mass is 16.5. The summed E-state index contributed by atoms with van der Waals surface area (Å²) in [4.78, 5) is 17.4. The van der Waals surface area contributed by atoms with Crippen LogP contribution in [0.25, 0.3) is 16.9 Å². The zero-order chi connectivity index (χ0) is 20.4. The van der Waals surface area contributed by atoms with E-state index in [9.17, 15) is 4.79 Å². The van der Waals surface area contributed by atoms with Crippen molar-refractivity contribution in [3.63, 3.8) is 0 Å². The molecule has 4 aromatic rings. The fourth-order valence-electron chi connectivity index (χ4n) is 3.10. The molecule has 0 saturated carbocycles. The number of hydrogen-bond acceptors (Lipinski definition) is 5. The number of carbonyl (C=O) groups is 1. The number of anilines is 1. The highest BCUT2D eigenvalue weighted by molar-refractivity contribution is 6.03. The summed E-state index contributed by atoms with van der Waals surface area (Å²) >= 11 is 0. The first-order valence-electron chi connectivity index (χ1n) is 9.05. The van der Waals surface area contributed by atoms with Crippen molar-refractivity contribution in [3.8, 4) is 22.8 Å². The van der Waals surface area contributed by atoms with E-state index in [0.717, 1.165) is 17.0 Å². The molecule has 2 aromatic heterocycles. The summed E-state index contributed by atoms with van der Waals surface area (Å²) in [5, 5.41) is 7.24. The molecule has 7 nitrogen and oxygen atoms in total. The lowest BCUT2D eigenvalue weighted by Gasteiger charge is -2.09. The van der Waals surface area contributed by atoms with Crippen LogP contribution in [0.2, 0.25) is 0 Å². The van der Waals surface area contributed by atoms with Crippen LogP contribution in [0, 0.1) is 6.92 Å². The van der Waals surface area contributed by atoms with Crippen molar-refractivity contribution < 1.29 is 15.7 Å². The summed E-state index contributed by atoms with van der Waals surface area (Å²) in [6.07, 6.45) is 0. The lowest BCUT2D eigenvalue weighted by atomic mass is 10.1. The molecule has 2 aromatic carbocycles. The van der Waals surface area contributed by atoms with Gasteiger partial charge in [-0.25, -0.2) is 9.50 Å². The van der Waals surface area contributed by atoms with Gasteiger partial charge in [-0.15, -0.1) is 0 Å². The van der Waals surface area contributed by atoms with E-state index >= 15 is 0 Å². The molecular formula is C22H22N4O3. The van der Waals surface area contributed by atoms with E-state index in [1.165, 1.54) is 0 Å². The number of methoxy groups -OCH3 is 2. The number of aromatic nitrogens is 3. The summed E-state index contributed by atoms with van der Waals surface area (Å²) in [6.45, 7) is 1.93. The molecule has 0 aliphatic rings. The number of carbonyl (C=O) groups excluding carboxylic acids is 1. The number of aryl methyl sites for hydroxylation is 1. The number of benzene rings is 2. The largest absolute Gasteiger partial charge is 0.493 e. The predicted octanol–water partition coefficient (Wildman–Crippen LogP) is 4.22. The minimum absolute atomic E-state index is 0. The van der Waals surface area contributed by atoms with Crippen LogP contribution in [0.1, 0.15) is 17.6 Å². The number of nitrogens with zero attached hydrogens (tertiary/aromatic N) is 3. The summed E-state index contributed by atoms with van der Waals surface area (Å²) < 4.78 is 12.2. The number of fused-ring (bicyclic) bond motifs is 1. The molecule has 0 fully saturated rings. The highest BCUT2D eigenvalue weighted by Crippen LogP contribution is 2.30. The summed E-state index contributed by atoms with van der Waals surface area (Å²) in [7, 11) is 3.11. The predicted molar refractivity (Wildman–Crippen MR) is 113 cm³/mol. The van der Waals surface area contributed by atoms with E-state index in [2.05, 4.69) is 15.4 Å². The van der Waals surface area contributed by atoms with Gasteiger partial charge in [-0.2, -0.15) is 5.10 Å². The molecule has 0 saturated heterocycles. The van der Waals surface area contributed by atoms with Gasteiger partial charge >= 0.3 is 0 Å². The Morgan fingerprint density at radius 3 is 2.48 bits per heavy atom. The molecule has 0 aliphatic carbocycles. The van der Waals surface area contributed by atoms with Gasteiger partial charge in [-0.3, -0.25) is 4.79 Å². The SMILES string of the molecule is COc1ccc(NC(=O)c2cc3nc(-c4ccccc4)cc(C)n3n2)cc1OC.[HH]. The van der Waals surface area contributed by atoms with Gasteiger partial charge in [0.05, 0.1) is 19.9 Å². The average Bonchev–Trinajstić information content (AvgIpc) is 3.19. The second-order valence-electron chi connectivity index (χ2n) is 6.47. The Bertz CT molecular complexity index is 1190. The molecule has 1 amide bonds. The molecule has 29 heavy (non-hydrogen) atoms. The Morgan fingerprint density at radius 1 is 1.00 bits per heavy atom. The van der Waals surface area contributed by atoms with Crippen molar-refractivity contribution in [2.24, 2.45) is 0 Å². The highest BCUT2D eigenvalue weighted by Gasteiger charge is 2.15. The Morgan fingerprint density at radius 2 is 1.76 bits per heavy atom. The van der Waals surface area contributed by atoms with E-state index in [0.29, 0.717) is 22.8 Å². The van der Waals surface area contributed by atoms with Gasteiger partial charge in [-0.1, -0.05) is 30.3 Å². The van der Waals surface area contributed by atoms with Crippen LogP contribution >= 0.6 is 0 Å². The Balaban J connectivity index is 0.00000256. The summed E-state index contributed by atoms with van der Waals surface area (Å²) in [5.41, 5.74) is 4.21. The first-order chi connectivity index (χ1) is 14.1. The van der Waals surface area contributed by atoms with Gasteiger partial charge in [0, 0.05) is 30.5 Å². The lowest BCUT2D eigenvalue weighted by molar-refractivity contribution is 0.102. The van der Waals surface area contributed by atoms with Crippen molar-refractivity contribution in [3.05, 3.63) is 72.1 Å². The van der Waals surface area contributed by atoms with Gasteiger partial charge in [0.15, 0.2) is 22.8 Å². The fraction of sp³-hybridized carbons (Fsp3) is 0.136. The molecule has 0 atom stereocenters. The molecule has 2 heterocycles. The van der Waals surface area contributed by atoms with E-state index in [1.807, 2.05) is 43.3 Å². The van der Waals surface area contributed by atoms with Crippen molar-refractivity contribution in [1.29, 1.82) is 0 Å². The van der Waals surface area contributed by atoms with Gasteiger partial charge in [-0.05, 0) is 25.1 Å². The fourth-order valence-corrected chi connectivity index (χ4v) is 3.10. The minimum Gasteiger partial charge on any atom is -0.493 e. The number of hydrogen-bond donors (Lipinski definition) is 1. The number of nitrogens with one attached hydrogen (secondary N) is 1. The van der Waals surface area contributed by atoms with Gasteiger partial charge in [0.25, 0.3) is 5.91 Å². The van der Waals surface area contributed by atoms with E-state index in [-0.39, 0.29) is 13.0 Å². The first kappa shape index (κ1) is 18.5. The standard InChI is InChI=1S/C22H20N4O3.H2/c1-14-11-17(15-7-5-4-6-8-15)24-21-13-18(25-26(14)21)22(27)23-16-9-10-19(28-2)20(12-16)29-3;/h4-13H,1-3H3,(H,23,27);1H. The van der Waals surface area contributed by atoms with E-state index in [1.54, 1.807) is 43.0 Å².